The Labute approximate surface area is 216 Å². The number of phenols is 1. The molecule has 2 aromatic rings. The molecule has 2 aromatic carbocycles. The zero-order chi connectivity index (χ0) is 28.0. The lowest BCUT2D eigenvalue weighted by Crippen LogP contribution is -2.09. The van der Waals surface area contributed by atoms with Crippen molar-refractivity contribution in [2.24, 2.45) is 0 Å². The molecule has 0 spiro atoms. The van der Waals surface area contributed by atoms with E-state index < -0.39 is 19.1 Å². The van der Waals surface area contributed by atoms with Gasteiger partial charge in [0.2, 0.25) is 0 Å². The van der Waals surface area contributed by atoms with Crippen molar-refractivity contribution in [2.45, 2.75) is 39.9 Å². The van der Waals surface area contributed by atoms with E-state index in [9.17, 15) is 19.1 Å². The van der Waals surface area contributed by atoms with Gasteiger partial charge in [0, 0.05) is 0 Å². The third kappa shape index (κ3) is 10.1. The molecule has 0 aliphatic rings. The number of halogens is 3. The highest BCUT2D eigenvalue weighted by atomic mass is 35.5. The lowest BCUT2D eigenvalue weighted by Gasteiger charge is -2.15. The number of aromatic hydroxyl groups is 1. The molecule has 1 N–H and O–H groups in total. The zero-order valence-corrected chi connectivity index (χ0v) is 22.1. The van der Waals surface area contributed by atoms with Crippen LogP contribution in [-0.2, 0) is 9.47 Å². The number of hydrogen-bond acceptors (Lipinski definition) is 8. The van der Waals surface area contributed by atoms with Crippen LogP contribution in [-0.4, -0.2) is 57.7 Å². The molecule has 11 heteroatoms. The SMILES string of the molecule is COC(=O)c1cc(Cl)c(O)c(OC(C)C)c1.COC(=O)c1cc(Cl)c(OC)c(OC(C)C)c1.[2H]CF. The van der Waals surface area contributed by atoms with Crippen molar-refractivity contribution >= 4 is 35.1 Å². The highest BCUT2D eigenvalue weighted by Gasteiger charge is 2.17. The fourth-order valence-corrected chi connectivity index (χ4v) is 3.00. The maximum Gasteiger partial charge on any atom is 0.338 e. The standard InChI is InChI=1S/C12H15ClO4.C11H13ClO4.CH3F/c1-7(2)17-10-6-8(12(14)16-4)5-9(13)11(10)15-3;1-6(2)16-9-5-7(11(14)15-3)4-8(12)10(9)13;1-2/h5-7H,1-4H3;4-6,13H,1-3H3;1H3/i;;1D. The number of esters is 2. The molecule has 0 aliphatic carbocycles. The Morgan fingerprint density at radius 1 is 0.857 bits per heavy atom. The number of rotatable bonds is 7. The topological polar surface area (TPSA) is 101 Å². The first kappa shape index (κ1) is 30.1. The largest absolute Gasteiger partial charge is 0.503 e. The van der Waals surface area contributed by atoms with E-state index in [4.69, 9.17) is 38.8 Å². The Kier molecular flexibility index (Phi) is 13.7. The van der Waals surface area contributed by atoms with Crippen LogP contribution in [0.1, 0.15) is 49.8 Å². The van der Waals surface area contributed by atoms with Crippen molar-refractivity contribution in [3.8, 4) is 23.0 Å². The molecule has 0 bridgehead atoms. The molecule has 0 unspecified atom stereocenters. The monoisotopic (exact) mass is 537 g/mol. The summed E-state index contributed by atoms with van der Waals surface area (Å²) in [6.07, 6.45) is -0.178. The van der Waals surface area contributed by atoms with Crippen LogP contribution in [0.5, 0.6) is 23.0 Å². The fourth-order valence-electron chi connectivity index (χ4n) is 2.50. The van der Waals surface area contributed by atoms with E-state index >= 15 is 0 Å². The Morgan fingerprint density at radius 2 is 1.26 bits per heavy atom. The second-order valence-corrected chi connectivity index (χ2v) is 7.93. The van der Waals surface area contributed by atoms with Gasteiger partial charge < -0.3 is 28.8 Å². The second-order valence-electron chi connectivity index (χ2n) is 7.11. The number of carbonyl (C=O) groups is 2. The summed E-state index contributed by atoms with van der Waals surface area (Å²) in [7, 11) is 3.07. The molecule has 0 radical (unpaired) electrons. The van der Waals surface area contributed by atoms with Gasteiger partial charge in [-0.1, -0.05) is 23.2 Å². The summed E-state index contributed by atoms with van der Waals surface area (Å²) < 4.78 is 40.7. The number of hydrogen-bond donors (Lipinski definition) is 1. The number of phenolic OH excluding ortho intramolecular Hbond substituents is 1. The Hall–Kier alpha value is -2.91. The number of carbonyl (C=O) groups excluding carboxylic acids is 2. The number of benzene rings is 2. The highest BCUT2D eigenvalue weighted by molar-refractivity contribution is 6.33. The maximum absolute atomic E-state index is 11.4. The molecular formula is C24H31Cl2FO8. The van der Waals surface area contributed by atoms with Gasteiger partial charge in [0.15, 0.2) is 23.0 Å². The van der Waals surface area contributed by atoms with Crippen molar-refractivity contribution in [1.29, 1.82) is 0 Å². The van der Waals surface area contributed by atoms with E-state index in [-0.39, 0.29) is 34.3 Å². The van der Waals surface area contributed by atoms with Crippen LogP contribution in [0.3, 0.4) is 0 Å². The van der Waals surface area contributed by atoms with Crippen molar-refractivity contribution in [3.05, 3.63) is 45.4 Å². The van der Waals surface area contributed by atoms with Gasteiger partial charge in [-0.3, -0.25) is 4.39 Å². The minimum atomic E-state index is -1.00. The van der Waals surface area contributed by atoms with Crippen molar-refractivity contribution in [2.75, 3.05) is 28.5 Å². The Bertz CT molecular complexity index is 1000. The predicted molar refractivity (Wildman–Crippen MR) is 132 cm³/mol. The van der Waals surface area contributed by atoms with E-state index in [1.807, 2.05) is 13.8 Å². The molecule has 35 heavy (non-hydrogen) atoms. The first-order valence-corrected chi connectivity index (χ1v) is 10.9. The van der Waals surface area contributed by atoms with Gasteiger partial charge in [-0.05, 0) is 52.0 Å². The van der Waals surface area contributed by atoms with Crippen LogP contribution in [0.25, 0.3) is 0 Å². The van der Waals surface area contributed by atoms with Gasteiger partial charge in [-0.15, -0.1) is 0 Å². The molecule has 0 amide bonds. The van der Waals surface area contributed by atoms with E-state index in [1.165, 1.54) is 39.5 Å². The summed E-state index contributed by atoms with van der Waals surface area (Å²) in [5.74, 6) is -0.173. The molecule has 0 fully saturated rings. The van der Waals surface area contributed by atoms with E-state index in [2.05, 4.69) is 9.47 Å². The molecule has 0 aromatic heterocycles. The van der Waals surface area contributed by atoms with Crippen LogP contribution < -0.4 is 14.2 Å². The summed E-state index contributed by atoms with van der Waals surface area (Å²) in [6, 6.07) is 5.76. The number of alkyl halides is 1. The van der Waals surface area contributed by atoms with Crippen LogP contribution in [0.4, 0.5) is 4.39 Å². The fraction of sp³-hybridized carbons (Fsp3) is 0.417. The zero-order valence-electron chi connectivity index (χ0n) is 21.6. The number of ether oxygens (including phenoxy) is 5. The normalized spacial score (nSPS) is 10.2. The van der Waals surface area contributed by atoms with Crippen LogP contribution in [0.15, 0.2) is 24.3 Å². The molecule has 0 saturated carbocycles. The van der Waals surface area contributed by atoms with Crippen LogP contribution >= 0.6 is 23.2 Å². The molecule has 2 rings (SSSR count). The van der Waals surface area contributed by atoms with Gasteiger partial charge in [-0.25, -0.2) is 9.59 Å². The summed E-state index contributed by atoms with van der Waals surface area (Å²) in [4.78, 5) is 22.7. The molecule has 0 atom stereocenters. The van der Waals surface area contributed by atoms with Gasteiger partial charge >= 0.3 is 11.9 Å². The first-order valence-electron chi connectivity index (χ1n) is 10.8. The summed E-state index contributed by atoms with van der Waals surface area (Å²) in [5.41, 5.74) is 0.565. The molecule has 8 nitrogen and oxygen atoms in total. The lowest BCUT2D eigenvalue weighted by atomic mass is 10.2. The summed E-state index contributed by atoms with van der Waals surface area (Å²) in [5, 5.41) is 9.98. The molecule has 196 valence electrons. The van der Waals surface area contributed by atoms with Gasteiger partial charge in [0.05, 0.1) is 63.2 Å². The van der Waals surface area contributed by atoms with Crippen LogP contribution in [0, 0.1) is 0 Å². The summed E-state index contributed by atoms with van der Waals surface area (Å²) in [6.45, 7) is 7.35. The van der Waals surface area contributed by atoms with E-state index in [0.717, 1.165) is 0 Å². The van der Waals surface area contributed by atoms with Gasteiger partial charge in [-0.2, -0.15) is 0 Å². The van der Waals surface area contributed by atoms with Crippen molar-refractivity contribution < 1.29 is 44.1 Å². The average molecular weight is 538 g/mol. The summed E-state index contributed by atoms with van der Waals surface area (Å²) >= 11 is 11.8. The highest BCUT2D eigenvalue weighted by Crippen LogP contribution is 2.37. The van der Waals surface area contributed by atoms with Crippen LogP contribution in [0.2, 0.25) is 10.0 Å². The average Bonchev–Trinajstić information content (AvgIpc) is 2.80. The quantitative estimate of drug-likeness (QED) is 0.421. The minimum Gasteiger partial charge on any atom is -0.503 e. The molecule has 0 heterocycles. The Balaban J connectivity index is 0.000000614. The van der Waals surface area contributed by atoms with E-state index in [0.29, 0.717) is 22.1 Å². The Morgan fingerprint density at radius 3 is 1.66 bits per heavy atom. The predicted octanol–water partition coefficient (Wildman–Crippen LogP) is 6.13. The second kappa shape index (κ2) is 15.9. The van der Waals surface area contributed by atoms with Crippen molar-refractivity contribution in [3.63, 3.8) is 0 Å². The lowest BCUT2D eigenvalue weighted by molar-refractivity contribution is 0.0591. The number of methoxy groups -OCH3 is 3. The third-order valence-electron chi connectivity index (χ3n) is 3.81. The van der Waals surface area contributed by atoms with Gasteiger partial charge in [0.1, 0.15) is 0 Å². The first-order chi connectivity index (χ1) is 16.9. The van der Waals surface area contributed by atoms with E-state index in [1.54, 1.807) is 19.9 Å². The molecular weight excluding hydrogens is 506 g/mol. The minimum absolute atomic E-state index is 0.0483. The van der Waals surface area contributed by atoms with Gasteiger partial charge in [0.25, 0.3) is 0 Å². The smallest absolute Gasteiger partial charge is 0.338 e. The van der Waals surface area contributed by atoms with Crippen molar-refractivity contribution in [1.82, 2.24) is 0 Å². The molecule has 0 aliphatic heterocycles. The molecule has 0 saturated heterocycles. The third-order valence-corrected chi connectivity index (χ3v) is 4.38. The maximum atomic E-state index is 11.4.